The van der Waals surface area contributed by atoms with Crippen molar-refractivity contribution in [3.8, 4) is 0 Å². The molecular weight excluding hydrogens is 200 g/mol. The number of fused-ring (bicyclic) bond motifs is 1. The van der Waals surface area contributed by atoms with Crippen LogP contribution in [0.25, 0.3) is 0 Å². The van der Waals surface area contributed by atoms with Crippen molar-refractivity contribution in [1.29, 1.82) is 0 Å². The third-order valence-corrected chi connectivity index (χ3v) is 3.34. The highest BCUT2D eigenvalue weighted by molar-refractivity contribution is 7.99. The van der Waals surface area contributed by atoms with Gasteiger partial charge in [0, 0.05) is 5.69 Å². The Morgan fingerprint density at radius 3 is 3.07 bits per heavy atom. The van der Waals surface area contributed by atoms with Gasteiger partial charge in [-0.1, -0.05) is 0 Å². The molecule has 1 aliphatic rings. The first-order valence-electron chi connectivity index (χ1n) is 4.62. The van der Waals surface area contributed by atoms with Gasteiger partial charge in [0.2, 0.25) is 0 Å². The highest BCUT2D eigenvalue weighted by atomic mass is 32.2. The van der Waals surface area contributed by atoms with Crippen molar-refractivity contribution in [2.45, 2.75) is 19.3 Å². The van der Waals surface area contributed by atoms with Crippen molar-refractivity contribution < 1.29 is 9.90 Å². The molecule has 0 spiro atoms. The molecule has 0 radical (unpaired) electrons. The van der Waals surface area contributed by atoms with E-state index >= 15 is 0 Å². The summed E-state index contributed by atoms with van der Waals surface area (Å²) in [5.74, 6) is 1.36. The van der Waals surface area contributed by atoms with Crippen LogP contribution in [0.1, 0.15) is 17.0 Å². The maximum atomic E-state index is 10.6. The smallest absolute Gasteiger partial charge is 0.309 e. The van der Waals surface area contributed by atoms with Gasteiger partial charge in [0.15, 0.2) is 0 Å². The molecule has 0 saturated carbocycles. The largest absolute Gasteiger partial charge is 0.481 e. The van der Waals surface area contributed by atoms with Crippen LogP contribution in [0, 0.1) is 0 Å². The molecule has 5 heteroatoms. The standard InChI is InChI=1S/C9H12N2O2S/c12-9(13)5-8-6-1-3-14-4-2-7(6)10-11-8/h1-5H2,(H,10,11)(H,12,13). The van der Waals surface area contributed by atoms with E-state index in [4.69, 9.17) is 5.11 Å². The summed E-state index contributed by atoms with van der Waals surface area (Å²) in [5, 5.41) is 15.7. The van der Waals surface area contributed by atoms with E-state index in [1.165, 1.54) is 0 Å². The second kappa shape index (κ2) is 4.04. The van der Waals surface area contributed by atoms with Gasteiger partial charge in [0.1, 0.15) is 0 Å². The van der Waals surface area contributed by atoms with Crippen LogP contribution in [0.5, 0.6) is 0 Å². The maximum Gasteiger partial charge on any atom is 0.309 e. The van der Waals surface area contributed by atoms with E-state index < -0.39 is 5.97 Å². The zero-order valence-electron chi connectivity index (χ0n) is 7.75. The number of carbonyl (C=O) groups is 1. The molecule has 0 aliphatic carbocycles. The lowest BCUT2D eigenvalue weighted by Crippen LogP contribution is -2.04. The summed E-state index contributed by atoms with van der Waals surface area (Å²) in [5.41, 5.74) is 2.98. The van der Waals surface area contributed by atoms with Crippen molar-refractivity contribution in [3.05, 3.63) is 17.0 Å². The number of hydrogen-bond acceptors (Lipinski definition) is 3. The Labute approximate surface area is 86.1 Å². The van der Waals surface area contributed by atoms with Crippen molar-refractivity contribution in [3.63, 3.8) is 0 Å². The molecule has 1 aliphatic heterocycles. The fraction of sp³-hybridized carbons (Fsp3) is 0.556. The number of nitrogens with one attached hydrogen (secondary N) is 1. The lowest BCUT2D eigenvalue weighted by molar-refractivity contribution is -0.136. The van der Waals surface area contributed by atoms with Crippen molar-refractivity contribution in [2.75, 3.05) is 11.5 Å². The summed E-state index contributed by atoms with van der Waals surface area (Å²) >= 11 is 1.91. The topological polar surface area (TPSA) is 66.0 Å². The fourth-order valence-electron chi connectivity index (χ4n) is 1.69. The minimum absolute atomic E-state index is 0.0382. The summed E-state index contributed by atoms with van der Waals surface area (Å²) in [7, 11) is 0. The Kier molecular flexibility index (Phi) is 2.77. The SMILES string of the molecule is O=C(O)Cc1n[nH]c2c1CCSCC2. The van der Waals surface area contributed by atoms with Gasteiger partial charge in [0.25, 0.3) is 0 Å². The van der Waals surface area contributed by atoms with Crippen LogP contribution in [-0.2, 0) is 24.1 Å². The molecule has 0 fully saturated rings. The first-order chi connectivity index (χ1) is 6.77. The Bertz CT molecular complexity index is 349. The van der Waals surface area contributed by atoms with E-state index in [0.717, 1.165) is 41.3 Å². The van der Waals surface area contributed by atoms with Crippen molar-refractivity contribution in [2.24, 2.45) is 0 Å². The molecule has 76 valence electrons. The van der Waals surface area contributed by atoms with Gasteiger partial charge in [0.05, 0.1) is 12.1 Å². The summed E-state index contributed by atoms with van der Waals surface area (Å²) < 4.78 is 0. The molecule has 2 rings (SSSR count). The van der Waals surface area contributed by atoms with E-state index in [1.54, 1.807) is 0 Å². The average molecular weight is 212 g/mol. The van der Waals surface area contributed by atoms with Gasteiger partial charge in [-0.25, -0.2) is 0 Å². The summed E-state index contributed by atoms with van der Waals surface area (Å²) in [4.78, 5) is 10.6. The molecule has 1 aromatic rings. The van der Waals surface area contributed by atoms with Gasteiger partial charge in [-0.05, 0) is 29.9 Å². The summed E-state index contributed by atoms with van der Waals surface area (Å²) in [6.45, 7) is 0. The monoisotopic (exact) mass is 212 g/mol. The number of thioether (sulfide) groups is 1. The number of aromatic nitrogens is 2. The molecule has 1 aromatic heterocycles. The number of carboxylic acid groups (broad SMARTS) is 1. The number of aromatic amines is 1. The van der Waals surface area contributed by atoms with Crippen LogP contribution in [0.2, 0.25) is 0 Å². The molecule has 2 heterocycles. The first-order valence-corrected chi connectivity index (χ1v) is 5.77. The van der Waals surface area contributed by atoms with E-state index in [0.29, 0.717) is 0 Å². The van der Waals surface area contributed by atoms with E-state index in [9.17, 15) is 4.79 Å². The molecule has 2 N–H and O–H groups in total. The summed E-state index contributed by atoms with van der Waals surface area (Å²) in [6.07, 6.45) is 1.96. The molecule has 0 aromatic carbocycles. The normalized spacial score (nSPS) is 16.0. The predicted molar refractivity (Wildman–Crippen MR) is 54.7 cm³/mol. The number of rotatable bonds is 2. The van der Waals surface area contributed by atoms with Crippen LogP contribution in [0.3, 0.4) is 0 Å². The highest BCUT2D eigenvalue weighted by Gasteiger charge is 2.17. The van der Waals surface area contributed by atoms with Gasteiger partial charge < -0.3 is 5.11 Å². The number of hydrogen-bond donors (Lipinski definition) is 2. The molecule has 0 atom stereocenters. The molecule has 0 amide bonds. The summed E-state index contributed by atoms with van der Waals surface area (Å²) in [6, 6.07) is 0. The molecular formula is C9H12N2O2S. The van der Waals surface area contributed by atoms with Crippen LogP contribution < -0.4 is 0 Å². The van der Waals surface area contributed by atoms with Crippen LogP contribution in [-0.4, -0.2) is 32.8 Å². The molecule has 14 heavy (non-hydrogen) atoms. The number of carboxylic acids is 1. The van der Waals surface area contributed by atoms with E-state index in [-0.39, 0.29) is 6.42 Å². The second-order valence-corrected chi connectivity index (χ2v) is 4.54. The lowest BCUT2D eigenvalue weighted by Gasteiger charge is -1.98. The minimum Gasteiger partial charge on any atom is -0.481 e. The van der Waals surface area contributed by atoms with E-state index in [1.807, 2.05) is 11.8 Å². The number of aryl methyl sites for hydroxylation is 1. The van der Waals surface area contributed by atoms with Crippen LogP contribution in [0.4, 0.5) is 0 Å². The average Bonchev–Trinajstić information content (AvgIpc) is 2.37. The maximum absolute atomic E-state index is 10.6. The Balaban J connectivity index is 2.24. The van der Waals surface area contributed by atoms with Gasteiger partial charge in [-0.3, -0.25) is 9.89 Å². The van der Waals surface area contributed by atoms with Crippen LogP contribution >= 0.6 is 11.8 Å². The van der Waals surface area contributed by atoms with Crippen LogP contribution in [0.15, 0.2) is 0 Å². The van der Waals surface area contributed by atoms with Crippen molar-refractivity contribution in [1.82, 2.24) is 10.2 Å². The Morgan fingerprint density at radius 1 is 1.50 bits per heavy atom. The minimum atomic E-state index is -0.809. The lowest BCUT2D eigenvalue weighted by atomic mass is 10.1. The number of nitrogens with zero attached hydrogens (tertiary/aromatic N) is 1. The quantitative estimate of drug-likeness (QED) is 0.763. The Hall–Kier alpha value is -0.970. The second-order valence-electron chi connectivity index (χ2n) is 3.31. The van der Waals surface area contributed by atoms with Gasteiger partial charge in [-0.2, -0.15) is 16.9 Å². The fourth-order valence-corrected chi connectivity index (χ4v) is 2.59. The number of H-pyrrole nitrogens is 1. The molecule has 0 unspecified atom stereocenters. The third kappa shape index (κ3) is 1.92. The molecule has 4 nitrogen and oxygen atoms in total. The zero-order valence-corrected chi connectivity index (χ0v) is 8.56. The van der Waals surface area contributed by atoms with Crippen molar-refractivity contribution >= 4 is 17.7 Å². The third-order valence-electron chi connectivity index (χ3n) is 2.35. The Morgan fingerprint density at radius 2 is 2.29 bits per heavy atom. The predicted octanol–water partition coefficient (Wildman–Crippen LogP) is 0.869. The van der Waals surface area contributed by atoms with E-state index in [2.05, 4.69) is 10.2 Å². The van der Waals surface area contributed by atoms with Gasteiger partial charge in [-0.15, -0.1) is 0 Å². The zero-order chi connectivity index (χ0) is 9.97. The highest BCUT2D eigenvalue weighted by Crippen LogP contribution is 2.21. The number of aliphatic carboxylic acids is 1. The van der Waals surface area contributed by atoms with Gasteiger partial charge >= 0.3 is 5.97 Å². The molecule has 0 bridgehead atoms. The molecule has 0 saturated heterocycles. The first kappa shape index (κ1) is 9.58.